The number of aliphatic imine (C=N–C) groups is 1. The van der Waals surface area contributed by atoms with Gasteiger partial charge in [-0.1, -0.05) is 24.3 Å². The maximum Gasteiger partial charge on any atom is 0.358 e. The van der Waals surface area contributed by atoms with Crippen molar-refractivity contribution in [3.05, 3.63) is 76.9 Å². The first-order valence-corrected chi connectivity index (χ1v) is 10.2. The molecule has 1 aromatic heterocycles. The van der Waals surface area contributed by atoms with Crippen LogP contribution in [0.4, 0.5) is 0 Å². The van der Waals surface area contributed by atoms with Crippen LogP contribution in [0.1, 0.15) is 45.7 Å². The van der Waals surface area contributed by atoms with Gasteiger partial charge in [0, 0.05) is 16.0 Å². The Morgan fingerprint density at radius 3 is 2.83 bits per heavy atom. The van der Waals surface area contributed by atoms with Crippen LogP contribution in [-0.2, 0) is 11.3 Å². The smallest absolute Gasteiger partial charge is 0.358 e. The van der Waals surface area contributed by atoms with Crippen molar-refractivity contribution in [1.29, 1.82) is 0 Å². The number of hydrogen-bond donors (Lipinski definition) is 1. The molecule has 1 aliphatic heterocycles. The molecule has 146 valence electrons. The molecule has 3 aromatic rings. The lowest BCUT2D eigenvalue weighted by atomic mass is 9.97. The van der Waals surface area contributed by atoms with Crippen molar-refractivity contribution in [2.75, 3.05) is 6.61 Å². The van der Waals surface area contributed by atoms with Crippen LogP contribution in [-0.4, -0.2) is 27.8 Å². The van der Waals surface area contributed by atoms with Crippen molar-refractivity contribution >= 4 is 24.3 Å². The van der Waals surface area contributed by atoms with Crippen LogP contribution >= 0.6 is 12.6 Å². The second kappa shape index (κ2) is 7.19. The third-order valence-electron chi connectivity index (χ3n) is 5.49. The molecule has 0 saturated heterocycles. The standard InChI is InChI=1S/C23H21N3O2S/c1-14-4-2-3-5-17(14)21-18-10-16(29)8-9-19(18)26-13-25-22(20(26)11-24-21)23(27)28-12-15-6-7-15/h2-5,8-10,13,15,29H,6-7,11-12H2,1H3. The fourth-order valence-electron chi connectivity index (χ4n) is 3.68. The zero-order valence-electron chi connectivity index (χ0n) is 16.1. The number of imidazole rings is 1. The van der Waals surface area contributed by atoms with Crippen molar-refractivity contribution < 1.29 is 9.53 Å². The molecule has 29 heavy (non-hydrogen) atoms. The molecule has 0 unspecified atom stereocenters. The number of aryl methyl sites for hydroxylation is 1. The van der Waals surface area contributed by atoms with E-state index in [4.69, 9.17) is 9.73 Å². The van der Waals surface area contributed by atoms with E-state index in [1.165, 1.54) is 0 Å². The van der Waals surface area contributed by atoms with E-state index in [2.05, 4.69) is 36.7 Å². The molecule has 2 aromatic carbocycles. The summed E-state index contributed by atoms with van der Waals surface area (Å²) in [5.74, 6) is 0.146. The average Bonchev–Trinajstić information content (AvgIpc) is 3.48. The molecule has 1 aliphatic carbocycles. The van der Waals surface area contributed by atoms with Gasteiger partial charge in [-0.2, -0.15) is 0 Å². The molecule has 2 aliphatic rings. The van der Waals surface area contributed by atoms with E-state index in [1.54, 1.807) is 6.33 Å². The highest BCUT2D eigenvalue weighted by molar-refractivity contribution is 7.80. The summed E-state index contributed by atoms with van der Waals surface area (Å²) >= 11 is 4.54. The van der Waals surface area contributed by atoms with E-state index < -0.39 is 0 Å². The van der Waals surface area contributed by atoms with Gasteiger partial charge in [-0.15, -0.1) is 12.6 Å². The van der Waals surface area contributed by atoms with Gasteiger partial charge in [0.05, 0.1) is 30.2 Å². The van der Waals surface area contributed by atoms with Crippen molar-refractivity contribution in [2.24, 2.45) is 10.9 Å². The Kier molecular flexibility index (Phi) is 4.51. The molecule has 0 spiro atoms. The molecular weight excluding hydrogens is 382 g/mol. The number of carbonyl (C=O) groups is 1. The topological polar surface area (TPSA) is 56.5 Å². The Labute approximate surface area is 174 Å². The van der Waals surface area contributed by atoms with Crippen LogP contribution in [0.5, 0.6) is 0 Å². The van der Waals surface area contributed by atoms with Crippen LogP contribution in [0.3, 0.4) is 0 Å². The Hall–Kier alpha value is -2.86. The Morgan fingerprint density at radius 2 is 2.03 bits per heavy atom. The Balaban J connectivity index is 1.62. The minimum absolute atomic E-state index is 0.348. The average molecular weight is 404 g/mol. The SMILES string of the molecule is Cc1ccccc1C1=NCc2c(C(=O)OCC3CC3)ncn2-c2ccc(S)cc21. The van der Waals surface area contributed by atoms with Crippen LogP contribution in [0.25, 0.3) is 5.69 Å². The molecule has 1 saturated carbocycles. The van der Waals surface area contributed by atoms with Crippen LogP contribution in [0.2, 0.25) is 0 Å². The van der Waals surface area contributed by atoms with E-state index in [0.29, 0.717) is 24.8 Å². The third-order valence-corrected chi connectivity index (χ3v) is 5.77. The molecule has 0 atom stereocenters. The lowest BCUT2D eigenvalue weighted by Gasteiger charge is -2.13. The zero-order chi connectivity index (χ0) is 20.0. The number of benzene rings is 2. The first-order chi connectivity index (χ1) is 14.1. The lowest BCUT2D eigenvalue weighted by molar-refractivity contribution is 0.0478. The molecule has 1 fully saturated rings. The van der Waals surface area contributed by atoms with Gasteiger partial charge in [0.1, 0.15) is 6.33 Å². The number of rotatable bonds is 4. The maximum atomic E-state index is 12.6. The molecule has 5 rings (SSSR count). The summed E-state index contributed by atoms with van der Waals surface area (Å²) < 4.78 is 7.43. The largest absolute Gasteiger partial charge is 0.461 e. The molecular formula is C23H21N3O2S. The van der Waals surface area contributed by atoms with Crippen LogP contribution in [0, 0.1) is 12.8 Å². The summed E-state index contributed by atoms with van der Waals surface area (Å²) in [4.78, 5) is 22.8. The van der Waals surface area contributed by atoms with Crippen molar-refractivity contribution in [3.63, 3.8) is 0 Å². The second-order valence-corrected chi connectivity index (χ2v) is 8.15. The molecule has 0 N–H and O–H groups in total. The third kappa shape index (κ3) is 3.38. The minimum Gasteiger partial charge on any atom is -0.461 e. The fraction of sp³-hybridized carbons (Fsp3) is 0.261. The molecule has 6 heteroatoms. The van der Waals surface area contributed by atoms with Gasteiger partial charge in [-0.05, 0) is 49.4 Å². The van der Waals surface area contributed by atoms with E-state index in [-0.39, 0.29) is 5.97 Å². The highest BCUT2D eigenvalue weighted by Gasteiger charge is 2.28. The summed E-state index contributed by atoms with van der Waals surface area (Å²) in [6, 6.07) is 14.2. The van der Waals surface area contributed by atoms with Gasteiger partial charge in [-0.3, -0.25) is 9.56 Å². The number of thiol groups is 1. The van der Waals surface area contributed by atoms with Gasteiger partial charge >= 0.3 is 5.97 Å². The molecule has 0 radical (unpaired) electrons. The number of fused-ring (bicyclic) bond motifs is 3. The first kappa shape index (κ1) is 18.2. The zero-order valence-corrected chi connectivity index (χ0v) is 17.0. The summed E-state index contributed by atoms with van der Waals surface area (Å²) in [7, 11) is 0. The van der Waals surface area contributed by atoms with Gasteiger partial charge in [0.2, 0.25) is 0 Å². The minimum atomic E-state index is -0.368. The number of aromatic nitrogens is 2. The lowest BCUT2D eigenvalue weighted by Crippen LogP contribution is -2.11. The molecule has 0 bridgehead atoms. The van der Waals surface area contributed by atoms with Gasteiger partial charge < -0.3 is 4.74 Å². The predicted molar refractivity (Wildman–Crippen MR) is 114 cm³/mol. The van der Waals surface area contributed by atoms with Gasteiger partial charge in [-0.25, -0.2) is 9.78 Å². The number of ether oxygens (including phenoxy) is 1. The normalized spacial score (nSPS) is 15.2. The first-order valence-electron chi connectivity index (χ1n) is 9.79. The highest BCUT2D eigenvalue weighted by atomic mass is 32.1. The molecule has 0 amide bonds. The highest BCUT2D eigenvalue weighted by Crippen LogP contribution is 2.31. The number of carbonyl (C=O) groups excluding carboxylic acids is 1. The summed E-state index contributed by atoms with van der Waals surface area (Å²) in [5, 5.41) is 0. The summed E-state index contributed by atoms with van der Waals surface area (Å²) in [5.41, 5.74) is 6.13. The van der Waals surface area contributed by atoms with Gasteiger partial charge in [0.15, 0.2) is 5.69 Å². The van der Waals surface area contributed by atoms with E-state index in [9.17, 15) is 4.79 Å². The summed E-state index contributed by atoms with van der Waals surface area (Å²) in [6.45, 7) is 2.91. The predicted octanol–water partition coefficient (Wildman–Crippen LogP) is 4.39. The van der Waals surface area contributed by atoms with Crippen molar-refractivity contribution in [3.8, 4) is 5.69 Å². The summed E-state index contributed by atoms with van der Waals surface area (Å²) in [6.07, 6.45) is 3.96. The van der Waals surface area contributed by atoms with E-state index in [1.807, 2.05) is 34.9 Å². The fourth-order valence-corrected chi connectivity index (χ4v) is 3.88. The number of hydrogen-bond acceptors (Lipinski definition) is 5. The Morgan fingerprint density at radius 1 is 1.21 bits per heavy atom. The second-order valence-electron chi connectivity index (χ2n) is 7.63. The maximum absolute atomic E-state index is 12.6. The van der Waals surface area contributed by atoms with Gasteiger partial charge in [0.25, 0.3) is 0 Å². The molecule has 2 heterocycles. The monoisotopic (exact) mass is 403 g/mol. The number of esters is 1. The van der Waals surface area contributed by atoms with Crippen LogP contribution in [0.15, 0.2) is 58.7 Å². The van der Waals surface area contributed by atoms with Crippen molar-refractivity contribution in [2.45, 2.75) is 31.2 Å². The number of nitrogens with zero attached hydrogens (tertiary/aromatic N) is 3. The van der Waals surface area contributed by atoms with E-state index in [0.717, 1.165) is 51.5 Å². The van der Waals surface area contributed by atoms with Crippen molar-refractivity contribution in [1.82, 2.24) is 9.55 Å². The molecule has 5 nitrogen and oxygen atoms in total. The van der Waals surface area contributed by atoms with Crippen LogP contribution < -0.4 is 0 Å². The van der Waals surface area contributed by atoms with E-state index >= 15 is 0 Å². The quantitative estimate of drug-likeness (QED) is 0.519. The Bertz CT molecular complexity index is 1140.